The van der Waals surface area contributed by atoms with Gasteiger partial charge in [-0.3, -0.25) is 4.79 Å². The summed E-state index contributed by atoms with van der Waals surface area (Å²) >= 11 is 0. The average molecular weight is 136 g/mol. The maximum Gasteiger partial charge on any atom is 0.166 e. The monoisotopic (exact) mass is 136 g/mol. The fourth-order valence-electron chi connectivity index (χ4n) is 1.46. The van der Waals surface area contributed by atoms with Gasteiger partial charge in [0.25, 0.3) is 0 Å². The number of hydrogen-bond donors (Lipinski definition) is 0. The van der Waals surface area contributed by atoms with E-state index in [0.29, 0.717) is 5.92 Å². The van der Waals surface area contributed by atoms with Crippen LogP contribution in [0.1, 0.15) is 0 Å². The van der Waals surface area contributed by atoms with Crippen molar-refractivity contribution in [3.05, 3.63) is 24.0 Å². The van der Waals surface area contributed by atoms with E-state index in [9.17, 15) is 4.79 Å². The van der Waals surface area contributed by atoms with E-state index in [1.807, 2.05) is 12.2 Å². The Balaban J connectivity index is 2.24. The molecule has 0 saturated heterocycles. The first-order valence-corrected chi connectivity index (χ1v) is 3.30. The topological polar surface area (TPSA) is 26.3 Å². The molecule has 0 unspecified atom stereocenters. The van der Waals surface area contributed by atoms with Crippen molar-refractivity contribution >= 4 is 5.78 Å². The molecule has 0 fully saturated rings. The van der Waals surface area contributed by atoms with Crippen molar-refractivity contribution in [2.75, 3.05) is 7.11 Å². The molecule has 0 saturated carbocycles. The second-order valence-electron chi connectivity index (χ2n) is 2.59. The van der Waals surface area contributed by atoms with E-state index in [-0.39, 0.29) is 11.7 Å². The molecule has 0 bridgehead atoms. The Bertz CT molecular complexity index is 238. The Morgan fingerprint density at radius 3 is 3.00 bits per heavy atom. The second-order valence-corrected chi connectivity index (χ2v) is 2.59. The largest absolute Gasteiger partial charge is 0.501 e. The molecule has 0 spiro atoms. The van der Waals surface area contributed by atoms with Crippen LogP contribution in [0, 0.1) is 11.8 Å². The summed E-state index contributed by atoms with van der Waals surface area (Å²) in [6, 6.07) is 0. The van der Waals surface area contributed by atoms with Gasteiger partial charge in [-0.1, -0.05) is 6.08 Å². The molecule has 2 atom stereocenters. The molecule has 0 aromatic carbocycles. The molecule has 0 aromatic heterocycles. The molecule has 0 aromatic rings. The highest BCUT2D eigenvalue weighted by atomic mass is 16.5. The molecule has 0 heterocycles. The number of hydrogen-bond acceptors (Lipinski definition) is 2. The molecular formula is C8H8O2. The van der Waals surface area contributed by atoms with Crippen LogP contribution >= 0.6 is 0 Å². The highest BCUT2D eigenvalue weighted by Gasteiger charge is 2.40. The third-order valence-electron chi connectivity index (χ3n) is 2.07. The van der Waals surface area contributed by atoms with Crippen molar-refractivity contribution in [1.29, 1.82) is 0 Å². The van der Waals surface area contributed by atoms with E-state index < -0.39 is 0 Å². The molecular weight excluding hydrogens is 128 g/mol. The minimum atomic E-state index is 0.0324. The van der Waals surface area contributed by atoms with Gasteiger partial charge in [-0.2, -0.15) is 0 Å². The third kappa shape index (κ3) is 0.511. The minimum Gasteiger partial charge on any atom is -0.501 e. The maximum absolute atomic E-state index is 11.0. The Morgan fingerprint density at radius 1 is 1.60 bits per heavy atom. The van der Waals surface area contributed by atoms with Crippen molar-refractivity contribution in [3.8, 4) is 0 Å². The van der Waals surface area contributed by atoms with Gasteiger partial charge in [0.1, 0.15) is 5.76 Å². The van der Waals surface area contributed by atoms with E-state index in [4.69, 9.17) is 4.74 Å². The van der Waals surface area contributed by atoms with Crippen molar-refractivity contribution < 1.29 is 9.53 Å². The van der Waals surface area contributed by atoms with Gasteiger partial charge in [0.2, 0.25) is 0 Å². The average Bonchev–Trinajstić information content (AvgIpc) is 2.09. The summed E-state index contributed by atoms with van der Waals surface area (Å²) in [5, 5.41) is 0. The number of carbonyl (C=O) groups excluding carboxylic acids is 1. The molecule has 2 nitrogen and oxygen atoms in total. The van der Waals surface area contributed by atoms with Gasteiger partial charge in [0.05, 0.1) is 13.0 Å². The zero-order chi connectivity index (χ0) is 7.14. The predicted molar refractivity (Wildman–Crippen MR) is 36.2 cm³/mol. The van der Waals surface area contributed by atoms with E-state index in [1.54, 1.807) is 13.2 Å². The Hall–Kier alpha value is -1.05. The van der Waals surface area contributed by atoms with Crippen molar-refractivity contribution in [2.24, 2.45) is 11.8 Å². The predicted octanol–water partition coefficient (Wildman–Crippen LogP) is 0.902. The summed E-state index contributed by atoms with van der Waals surface area (Å²) in [6.07, 6.45) is 5.54. The summed E-state index contributed by atoms with van der Waals surface area (Å²) in [5.41, 5.74) is 0. The molecule has 0 radical (unpaired) electrons. The van der Waals surface area contributed by atoms with Crippen LogP contribution in [0.2, 0.25) is 0 Å². The maximum atomic E-state index is 11.0. The standard InChI is InChI=1S/C8H8O2/c1-10-7-4-5-2-3-6(9)8(5)7/h2-5,8H,1H3/t5-,8+/m1/s1. The van der Waals surface area contributed by atoms with Crippen LogP contribution in [0.5, 0.6) is 0 Å². The first kappa shape index (κ1) is 5.71. The number of ether oxygens (including phenoxy) is 1. The highest BCUT2D eigenvalue weighted by Crippen LogP contribution is 2.39. The van der Waals surface area contributed by atoms with E-state index in [0.717, 1.165) is 5.76 Å². The first-order chi connectivity index (χ1) is 4.83. The normalized spacial score (nSPS) is 34.9. The highest BCUT2D eigenvalue weighted by molar-refractivity contribution is 5.98. The lowest BCUT2D eigenvalue weighted by Gasteiger charge is -2.26. The molecule has 0 amide bonds. The third-order valence-corrected chi connectivity index (χ3v) is 2.07. The summed E-state index contributed by atoms with van der Waals surface area (Å²) in [7, 11) is 1.60. The lowest BCUT2D eigenvalue weighted by atomic mass is 9.82. The lowest BCUT2D eigenvalue weighted by molar-refractivity contribution is -0.118. The van der Waals surface area contributed by atoms with E-state index >= 15 is 0 Å². The number of carbonyl (C=O) groups is 1. The van der Waals surface area contributed by atoms with Gasteiger partial charge >= 0.3 is 0 Å². The van der Waals surface area contributed by atoms with Gasteiger partial charge in [0.15, 0.2) is 5.78 Å². The lowest BCUT2D eigenvalue weighted by Crippen LogP contribution is -2.26. The SMILES string of the molecule is COC1=C[C@H]2C=CC(=O)[C@@H]12. The fraction of sp³-hybridized carbons (Fsp3) is 0.375. The Kier molecular flexibility index (Phi) is 0.982. The van der Waals surface area contributed by atoms with Crippen LogP contribution in [0.3, 0.4) is 0 Å². The number of allylic oxidation sites excluding steroid dienone is 4. The van der Waals surface area contributed by atoms with Crippen molar-refractivity contribution in [1.82, 2.24) is 0 Å². The van der Waals surface area contributed by atoms with E-state index in [2.05, 4.69) is 0 Å². The van der Waals surface area contributed by atoms with Gasteiger partial charge in [-0.05, 0) is 12.2 Å². The van der Waals surface area contributed by atoms with Gasteiger partial charge in [-0.15, -0.1) is 0 Å². The Labute approximate surface area is 59.2 Å². The summed E-state index contributed by atoms with van der Waals surface area (Å²) < 4.78 is 4.97. The number of ketones is 1. The van der Waals surface area contributed by atoms with Gasteiger partial charge in [-0.25, -0.2) is 0 Å². The minimum absolute atomic E-state index is 0.0324. The fourth-order valence-corrected chi connectivity index (χ4v) is 1.46. The summed E-state index contributed by atoms with van der Waals surface area (Å²) in [4.78, 5) is 11.0. The molecule has 2 heteroatoms. The molecule has 52 valence electrons. The van der Waals surface area contributed by atoms with Crippen molar-refractivity contribution in [3.63, 3.8) is 0 Å². The molecule has 2 rings (SSSR count). The van der Waals surface area contributed by atoms with Crippen LogP contribution in [-0.4, -0.2) is 12.9 Å². The zero-order valence-electron chi connectivity index (χ0n) is 5.70. The smallest absolute Gasteiger partial charge is 0.166 e. The molecule has 10 heavy (non-hydrogen) atoms. The van der Waals surface area contributed by atoms with Crippen molar-refractivity contribution in [2.45, 2.75) is 0 Å². The molecule has 2 aliphatic carbocycles. The van der Waals surface area contributed by atoms with Crippen LogP contribution in [0.4, 0.5) is 0 Å². The quantitative estimate of drug-likeness (QED) is 0.535. The Morgan fingerprint density at radius 2 is 2.40 bits per heavy atom. The number of methoxy groups -OCH3 is 1. The first-order valence-electron chi connectivity index (χ1n) is 3.30. The second kappa shape index (κ2) is 1.72. The molecule has 0 aliphatic heterocycles. The number of fused-ring (bicyclic) bond motifs is 1. The molecule has 2 aliphatic rings. The van der Waals surface area contributed by atoms with Crippen LogP contribution in [0.25, 0.3) is 0 Å². The van der Waals surface area contributed by atoms with Gasteiger partial charge < -0.3 is 4.74 Å². The van der Waals surface area contributed by atoms with Crippen LogP contribution < -0.4 is 0 Å². The van der Waals surface area contributed by atoms with Gasteiger partial charge in [0, 0.05) is 5.92 Å². The molecule has 0 N–H and O–H groups in total. The number of rotatable bonds is 1. The van der Waals surface area contributed by atoms with Crippen LogP contribution in [0.15, 0.2) is 24.0 Å². The summed E-state index contributed by atoms with van der Waals surface area (Å²) in [5.74, 6) is 1.39. The summed E-state index contributed by atoms with van der Waals surface area (Å²) in [6.45, 7) is 0. The van der Waals surface area contributed by atoms with E-state index in [1.165, 1.54) is 0 Å². The van der Waals surface area contributed by atoms with Crippen LogP contribution in [-0.2, 0) is 9.53 Å². The zero-order valence-corrected chi connectivity index (χ0v) is 5.70.